The van der Waals surface area contributed by atoms with E-state index in [1.165, 1.54) is 11.1 Å². The molecule has 1 rings (SSSR count). The highest BCUT2D eigenvalue weighted by Crippen LogP contribution is 2.24. The molecular formula is C16H30N2O2+2. The first-order valence-corrected chi connectivity index (χ1v) is 7.57. The molecule has 1 aromatic carbocycles. The minimum absolute atomic E-state index is 0.526. The van der Waals surface area contributed by atoms with E-state index >= 15 is 0 Å². The monoisotopic (exact) mass is 282 g/mol. The number of hydrogen-bond donors (Lipinski definition) is 2. The van der Waals surface area contributed by atoms with Gasteiger partial charge in [-0.05, 0) is 30.0 Å². The van der Waals surface area contributed by atoms with Gasteiger partial charge in [0.2, 0.25) is 0 Å². The first kappa shape index (κ1) is 17.0. The summed E-state index contributed by atoms with van der Waals surface area (Å²) >= 11 is 0. The van der Waals surface area contributed by atoms with Crippen molar-refractivity contribution in [2.24, 2.45) is 0 Å². The smallest absolute Gasteiger partial charge is 0.125 e. The van der Waals surface area contributed by atoms with Crippen molar-refractivity contribution in [1.82, 2.24) is 0 Å². The van der Waals surface area contributed by atoms with Crippen molar-refractivity contribution >= 4 is 0 Å². The van der Waals surface area contributed by atoms with Crippen LogP contribution in [0, 0.1) is 6.92 Å². The Morgan fingerprint density at radius 2 is 1.95 bits per heavy atom. The molecular weight excluding hydrogens is 252 g/mol. The van der Waals surface area contributed by atoms with Gasteiger partial charge in [0.15, 0.2) is 0 Å². The number of benzene rings is 1. The molecule has 0 saturated heterocycles. The van der Waals surface area contributed by atoms with Gasteiger partial charge < -0.3 is 20.5 Å². The van der Waals surface area contributed by atoms with Gasteiger partial charge in [0.1, 0.15) is 25.4 Å². The average molecular weight is 282 g/mol. The van der Waals surface area contributed by atoms with Gasteiger partial charge in [0, 0.05) is 0 Å². The lowest BCUT2D eigenvalue weighted by Gasteiger charge is -2.12. The van der Waals surface area contributed by atoms with Gasteiger partial charge in [-0.25, -0.2) is 0 Å². The molecule has 0 amide bonds. The second-order valence-corrected chi connectivity index (χ2v) is 5.36. The number of rotatable bonds is 10. The Morgan fingerprint density at radius 1 is 1.15 bits per heavy atom. The van der Waals surface area contributed by atoms with Gasteiger partial charge in [-0.3, -0.25) is 0 Å². The van der Waals surface area contributed by atoms with Crippen LogP contribution < -0.4 is 15.8 Å². The summed E-state index contributed by atoms with van der Waals surface area (Å²) in [6.07, 6.45) is 0. The van der Waals surface area contributed by atoms with Crippen LogP contribution in [0.15, 0.2) is 18.2 Å². The van der Waals surface area contributed by atoms with Crippen molar-refractivity contribution in [1.29, 1.82) is 0 Å². The Morgan fingerprint density at radius 3 is 2.65 bits per heavy atom. The fourth-order valence-electron chi connectivity index (χ4n) is 1.90. The topological polar surface area (TPSA) is 62.7 Å². The summed E-state index contributed by atoms with van der Waals surface area (Å²) in [6, 6.07) is 6.43. The zero-order valence-corrected chi connectivity index (χ0v) is 13.2. The number of ether oxygens (including phenoxy) is 2. The molecule has 0 aliphatic heterocycles. The van der Waals surface area contributed by atoms with E-state index in [1.807, 2.05) is 0 Å². The van der Waals surface area contributed by atoms with Crippen LogP contribution in [-0.2, 0) is 4.74 Å². The molecule has 0 aliphatic rings. The normalized spacial score (nSPS) is 11.1. The zero-order valence-electron chi connectivity index (χ0n) is 13.2. The molecule has 0 aliphatic carbocycles. The standard InChI is InChI=1S/C16H28N2O2/c1-13(2)15-5-4-14(3)16(12-15)20-11-10-19-9-8-18-7-6-17/h4-5,12-13,18H,6-11,17H2,1-3H3/p+2. The fourth-order valence-corrected chi connectivity index (χ4v) is 1.90. The minimum Gasteiger partial charge on any atom is -0.491 e. The first-order chi connectivity index (χ1) is 9.65. The van der Waals surface area contributed by atoms with Crippen LogP contribution in [0.25, 0.3) is 0 Å². The maximum Gasteiger partial charge on any atom is 0.125 e. The summed E-state index contributed by atoms with van der Waals surface area (Å²) in [7, 11) is 0. The predicted octanol–water partition coefficient (Wildman–Crippen LogP) is 0.319. The number of aryl methyl sites for hydroxylation is 1. The molecule has 114 valence electrons. The molecule has 0 fully saturated rings. The first-order valence-electron chi connectivity index (χ1n) is 7.57. The molecule has 0 saturated carbocycles. The number of hydrogen-bond acceptors (Lipinski definition) is 2. The molecule has 4 nitrogen and oxygen atoms in total. The van der Waals surface area contributed by atoms with E-state index in [1.54, 1.807) is 0 Å². The molecule has 5 N–H and O–H groups in total. The van der Waals surface area contributed by atoms with Crippen molar-refractivity contribution in [2.45, 2.75) is 26.7 Å². The predicted molar refractivity (Wildman–Crippen MR) is 81.0 cm³/mol. The summed E-state index contributed by atoms with van der Waals surface area (Å²) in [5.41, 5.74) is 6.30. The fraction of sp³-hybridized carbons (Fsp3) is 0.625. The summed E-state index contributed by atoms with van der Waals surface area (Å²) in [4.78, 5) is 0. The Hall–Kier alpha value is -1.10. The molecule has 0 atom stereocenters. The number of nitrogens with two attached hydrogens (primary N) is 1. The van der Waals surface area contributed by atoms with Crippen LogP contribution in [0.4, 0.5) is 0 Å². The SMILES string of the molecule is Cc1ccc(C(C)C)cc1OCCOCC[NH2+]CC[NH3+]. The van der Waals surface area contributed by atoms with Gasteiger partial charge in [0.05, 0.1) is 19.8 Å². The molecule has 0 heterocycles. The molecule has 0 bridgehead atoms. The molecule has 0 radical (unpaired) electrons. The summed E-state index contributed by atoms with van der Waals surface area (Å²) in [6.45, 7) is 11.5. The Balaban J connectivity index is 2.23. The van der Waals surface area contributed by atoms with Crippen LogP contribution in [0.2, 0.25) is 0 Å². The third kappa shape index (κ3) is 6.37. The Kier molecular flexibility index (Phi) is 8.26. The highest BCUT2D eigenvalue weighted by molar-refractivity contribution is 5.37. The molecule has 4 heteroatoms. The lowest BCUT2D eigenvalue weighted by Crippen LogP contribution is -2.88. The number of quaternary nitrogens is 2. The summed E-state index contributed by atoms with van der Waals surface area (Å²) < 4.78 is 11.4. The maximum atomic E-state index is 5.81. The zero-order chi connectivity index (χ0) is 14.8. The lowest BCUT2D eigenvalue weighted by molar-refractivity contribution is -0.671. The van der Waals surface area contributed by atoms with E-state index in [4.69, 9.17) is 9.47 Å². The Bertz CT molecular complexity index is 381. The quantitative estimate of drug-likeness (QED) is 0.607. The van der Waals surface area contributed by atoms with Gasteiger partial charge in [-0.1, -0.05) is 26.0 Å². The van der Waals surface area contributed by atoms with Gasteiger partial charge >= 0.3 is 0 Å². The van der Waals surface area contributed by atoms with Crippen molar-refractivity contribution in [3.63, 3.8) is 0 Å². The average Bonchev–Trinajstić information content (AvgIpc) is 2.43. The molecule has 0 spiro atoms. The van der Waals surface area contributed by atoms with Gasteiger partial charge in [-0.15, -0.1) is 0 Å². The third-order valence-corrected chi connectivity index (χ3v) is 3.24. The van der Waals surface area contributed by atoms with E-state index in [-0.39, 0.29) is 0 Å². The second kappa shape index (κ2) is 9.75. The second-order valence-electron chi connectivity index (χ2n) is 5.36. The van der Waals surface area contributed by atoms with Crippen molar-refractivity contribution in [3.05, 3.63) is 29.3 Å². The van der Waals surface area contributed by atoms with Crippen LogP contribution in [0.1, 0.15) is 30.9 Å². The van der Waals surface area contributed by atoms with E-state index in [9.17, 15) is 0 Å². The van der Waals surface area contributed by atoms with Crippen LogP contribution in [0.5, 0.6) is 5.75 Å². The highest BCUT2D eigenvalue weighted by Gasteiger charge is 2.04. The maximum absolute atomic E-state index is 5.81. The molecule has 0 unspecified atom stereocenters. The minimum atomic E-state index is 0.526. The Labute approximate surface area is 122 Å². The van der Waals surface area contributed by atoms with E-state index in [0.29, 0.717) is 19.1 Å². The molecule has 0 aromatic heterocycles. The molecule has 1 aromatic rings. The van der Waals surface area contributed by atoms with Crippen LogP contribution in [0.3, 0.4) is 0 Å². The van der Waals surface area contributed by atoms with Crippen molar-refractivity contribution in [2.75, 3.05) is 39.5 Å². The van der Waals surface area contributed by atoms with E-state index < -0.39 is 0 Å². The summed E-state index contributed by atoms with van der Waals surface area (Å²) in [5.74, 6) is 1.50. The van der Waals surface area contributed by atoms with Gasteiger partial charge in [0.25, 0.3) is 0 Å². The third-order valence-electron chi connectivity index (χ3n) is 3.24. The largest absolute Gasteiger partial charge is 0.491 e. The highest BCUT2D eigenvalue weighted by atomic mass is 16.5. The lowest BCUT2D eigenvalue weighted by atomic mass is 10.0. The molecule has 20 heavy (non-hydrogen) atoms. The van der Waals surface area contributed by atoms with Crippen LogP contribution in [-0.4, -0.2) is 39.5 Å². The van der Waals surface area contributed by atoms with Gasteiger partial charge in [-0.2, -0.15) is 0 Å². The van der Waals surface area contributed by atoms with Crippen molar-refractivity contribution < 1.29 is 20.5 Å². The van der Waals surface area contributed by atoms with Crippen LogP contribution >= 0.6 is 0 Å². The van der Waals surface area contributed by atoms with Crippen molar-refractivity contribution in [3.8, 4) is 5.75 Å². The van der Waals surface area contributed by atoms with E-state index in [2.05, 4.69) is 50.0 Å². The van der Waals surface area contributed by atoms with E-state index in [0.717, 1.165) is 32.0 Å². The summed E-state index contributed by atoms with van der Waals surface area (Å²) in [5, 5.41) is 2.23.